The molecular formula is C36H63NO12. The molecule has 0 amide bonds. The molecule has 0 aromatic carbocycles. The van der Waals surface area contributed by atoms with Gasteiger partial charge in [0.1, 0.15) is 29.7 Å². The van der Waals surface area contributed by atoms with Gasteiger partial charge in [-0.05, 0) is 68.0 Å². The highest BCUT2D eigenvalue weighted by molar-refractivity contribution is 5.83. The molecule has 3 fully saturated rings. The molecule has 0 spiro atoms. The van der Waals surface area contributed by atoms with Crippen LogP contribution in [0.4, 0.5) is 0 Å². The Bertz CT molecular complexity index is 1090. The number of ether oxygens (including phenoxy) is 6. The van der Waals surface area contributed by atoms with Crippen molar-refractivity contribution in [2.45, 2.75) is 167 Å². The normalized spacial score (nSPS) is 48.2. The van der Waals surface area contributed by atoms with Gasteiger partial charge >= 0.3 is 5.97 Å². The molecule has 3 saturated heterocycles. The van der Waals surface area contributed by atoms with Gasteiger partial charge in [0.05, 0.1) is 42.0 Å². The number of methoxy groups -OCH3 is 1. The topological polar surface area (TPSA) is 174 Å². The number of carbonyl (C=O) groups excluding carboxylic acids is 2. The summed E-state index contributed by atoms with van der Waals surface area (Å²) in [4.78, 5) is 29.5. The molecule has 0 aromatic heterocycles. The van der Waals surface area contributed by atoms with Crippen LogP contribution in [0.2, 0.25) is 0 Å². The Morgan fingerprint density at radius 3 is 2.16 bits per heavy atom. The van der Waals surface area contributed by atoms with Gasteiger partial charge in [-0.15, -0.1) is 0 Å². The first kappa shape index (κ1) is 42.2. The monoisotopic (exact) mass is 701 g/mol. The summed E-state index contributed by atoms with van der Waals surface area (Å²) in [6, 6.07) is -0.250. The number of Topliss-reactive ketones (excluding diaryl/α,β-unsaturated/α-hetero) is 1. The predicted molar refractivity (Wildman–Crippen MR) is 179 cm³/mol. The third-order valence-corrected chi connectivity index (χ3v) is 11.1. The van der Waals surface area contributed by atoms with E-state index in [1.807, 2.05) is 32.8 Å². The molecule has 284 valence electrons. The molecule has 4 N–H and O–H groups in total. The first-order valence-corrected chi connectivity index (χ1v) is 17.8. The Kier molecular flexibility index (Phi) is 14.7. The molecule has 3 aliphatic rings. The summed E-state index contributed by atoms with van der Waals surface area (Å²) in [6.45, 7) is 15.2. The zero-order valence-corrected chi connectivity index (χ0v) is 31.5. The molecule has 0 aliphatic carbocycles. The van der Waals surface area contributed by atoms with Crippen LogP contribution < -0.4 is 0 Å². The lowest BCUT2D eigenvalue weighted by atomic mass is 9.78. The molecule has 3 rings (SSSR count). The summed E-state index contributed by atoms with van der Waals surface area (Å²) in [5.41, 5.74) is -2.94. The second-order valence-electron chi connectivity index (χ2n) is 15.3. The molecule has 2 radical (unpaired) electrons. The lowest BCUT2D eigenvalue weighted by Crippen LogP contribution is -2.58. The average molecular weight is 702 g/mol. The Hall–Kier alpha value is -1.26. The third kappa shape index (κ3) is 9.40. The van der Waals surface area contributed by atoms with Crippen LogP contribution in [-0.4, -0.2) is 137 Å². The van der Waals surface area contributed by atoms with Gasteiger partial charge in [-0.25, -0.2) is 0 Å². The summed E-state index contributed by atoms with van der Waals surface area (Å²) in [5.74, 6) is -4.22. The molecule has 17 atom stereocenters. The molecule has 13 heteroatoms. The van der Waals surface area contributed by atoms with Crippen molar-refractivity contribution >= 4 is 11.8 Å². The molecule has 0 unspecified atom stereocenters. The van der Waals surface area contributed by atoms with Gasteiger partial charge < -0.3 is 53.7 Å². The van der Waals surface area contributed by atoms with Gasteiger partial charge in [-0.2, -0.15) is 0 Å². The summed E-state index contributed by atoms with van der Waals surface area (Å²) in [5, 5.41) is 44.9. The summed E-state index contributed by atoms with van der Waals surface area (Å²) in [7, 11) is 5.26. The van der Waals surface area contributed by atoms with Gasteiger partial charge in [-0.1, -0.05) is 27.7 Å². The molecule has 0 saturated carbocycles. The number of likely N-dealkylation sites (N-methyl/N-ethyl adjacent to an activating group) is 1. The van der Waals surface area contributed by atoms with Gasteiger partial charge in [0.2, 0.25) is 0 Å². The highest BCUT2D eigenvalue weighted by Gasteiger charge is 2.50. The van der Waals surface area contributed by atoms with Crippen LogP contribution >= 0.6 is 0 Å². The van der Waals surface area contributed by atoms with E-state index in [1.165, 1.54) is 14.0 Å². The van der Waals surface area contributed by atoms with Crippen LogP contribution in [0.1, 0.15) is 88.0 Å². The lowest BCUT2D eigenvalue weighted by Gasteiger charge is -2.47. The number of nitrogens with zero attached hydrogens (tertiary/aromatic N) is 1. The van der Waals surface area contributed by atoms with E-state index in [-0.39, 0.29) is 37.2 Å². The summed E-state index contributed by atoms with van der Waals surface area (Å²) >= 11 is 0. The smallest absolute Gasteiger partial charge is 0.311 e. The van der Waals surface area contributed by atoms with Crippen LogP contribution in [0.25, 0.3) is 0 Å². The number of cyclic esters (lactones) is 1. The zero-order chi connectivity index (χ0) is 37.2. The summed E-state index contributed by atoms with van der Waals surface area (Å²) < 4.78 is 36.9. The Labute approximate surface area is 292 Å². The van der Waals surface area contributed by atoms with Crippen molar-refractivity contribution in [3.8, 4) is 0 Å². The van der Waals surface area contributed by atoms with Crippen LogP contribution in [0.3, 0.4) is 0 Å². The largest absolute Gasteiger partial charge is 0.459 e. The maximum absolute atomic E-state index is 14.0. The molecule has 0 aromatic rings. The number of hydrogen-bond acceptors (Lipinski definition) is 13. The second kappa shape index (κ2) is 17.0. The van der Waals surface area contributed by atoms with Gasteiger partial charge in [0, 0.05) is 43.7 Å². The average Bonchev–Trinajstić information content (AvgIpc) is 3.05. The number of aliphatic hydroxyl groups is 4. The number of hydrogen-bond donors (Lipinski definition) is 4. The molecular weight excluding hydrogens is 638 g/mol. The molecule has 49 heavy (non-hydrogen) atoms. The quantitative estimate of drug-likeness (QED) is 0.285. The zero-order valence-electron chi connectivity index (χ0n) is 31.5. The Morgan fingerprint density at radius 1 is 0.959 bits per heavy atom. The van der Waals surface area contributed by atoms with Gasteiger partial charge in [0.15, 0.2) is 12.6 Å². The van der Waals surface area contributed by atoms with Crippen LogP contribution in [0.15, 0.2) is 0 Å². The van der Waals surface area contributed by atoms with E-state index in [1.54, 1.807) is 41.5 Å². The third-order valence-electron chi connectivity index (χ3n) is 11.1. The number of aliphatic hydroxyl groups excluding tert-OH is 3. The van der Waals surface area contributed by atoms with E-state index in [2.05, 4.69) is 6.42 Å². The SMILES string of the molecule is CC[C@H]1OC(=O)[C@H](C)[C@@H](O[C@H]2C[C@@](C)(OC)[C@@H](O)[C@H](C)O2)[C@H](C)[C@@H](O[C@@H]2O[C@H](C)C[C@H](N(C)C)[C@H]2O)[C]C[C@@H](C)C(=O)[C@H](C)[C@@H](O)[C@]1(C)O. The van der Waals surface area contributed by atoms with Crippen LogP contribution in [-0.2, 0) is 38.0 Å². The standard InChI is InChI=1S/C36H63NO12/c1-13-26-36(9,43)31(40)21(5)28(38)18(2)14-15-25(47-34-29(39)24(37(10)11)16-19(3)45-34)20(4)30(22(6)33(42)48-26)49-27-17-35(8,44-12)32(41)23(7)46-27/h18-27,29-32,34,39-41,43H,13-14,16-17H2,1-12H3/t18-,19-,20-,21+,22-,23+,24+,25+,26-,27+,29-,30+,31-,32+,34+,35-,36-/m1/s1. The molecule has 3 aliphatic heterocycles. The minimum absolute atomic E-state index is 0.107. The Morgan fingerprint density at radius 2 is 1.59 bits per heavy atom. The fraction of sp³-hybridized carbons (Fsp3) is 0.917. The lowest BCUT2D eigenvalue weighted by molar-refractivity contribution is -0.304. The fourth-order valence-electron chi connectivity index (χ4n) is 7.49. The minimum atomic E-state index is -1.93. The van der Waals surface area contributed by atoms with E-state index in [0.717, 1.165) is 0 Å². The molecule has 13 nitrogen and oxygen atoms in total. The number of ketones is 1. The van der Waals surface area contributed by atoms with Crippen molar-refractivity contribution in [2.24, 2.45) is 23.7 Å². The van der Waals surface area contributed by atoms with E-state index >= 15 is 0 Å². The predicted octanol–water partition coefficient (Wildman–Crippen LogP) is 2.12. The maximum atomic E-state index is 14.0. The van der Waals surface area contributed by atoms with Crippen molar-refractivity contribution in [3.05, 3.63) is 6.42 Å². The van der Waals surface area contributed by atoms with E-state index < -0.39 is 96.2 Å². The summed E-state index contributed by atoms with van der Waals surface area (Å²) in [6.07, 6.45) is -5.00. The first-order chi connectivity index (χ1) is 22.7. The van der Waals surface area contributed by atoms with Crippen LogP contribution in [0, 0.1) is 30.1 Å². The van der Waals surface area contributed by atoms with Crippen molar-refractivity contribution < 1.29 is 58.4 Å². The number of esters is 1. The molecule has 3 heterocycles. The van der Waals surface area contributed by atoms with Crippen LogP contribution in [0.5, 0.6) is 0 Å². The highest BCUT2D eigenvalue weighted by Crippen LogP contribution is 2.38. The van der Waals surface area contributed by atoms with Crippen molar-refractivity contribution in [2.75, 3.05) is 21.2 Å². The number of carbonyl (C=O) groups is 2. The Balaban J connectivity index is 2.08. The van der Waals surface area contributed by atoms with E-state index in [0.29, 0.717) is 6.42 Å². The van der Waals surface area contributed by atoms with Crippen molar-refractivity contribution in [3.63, 3.8) is 0 Å². The molecule has 0 bridgehead atoms. The van der Waals surface area contributed by atoms with Gasteiger partial charge in [-0.3, -0.25) is 9.59 Å². The van der Waals surface area contributed by atoms with E-state index in [4.69, 9.17) is 28.4 Å². The minimum Gasteiger partial charge on any atom is -0.459 e. The van der Waals surface area contributed by atoms with Gasteiger partial charge in [0.25, 0.3) is 0 Å². The highest BCUT2D eigenvalue weighted by atomic mass is 16.7. The fourth-order valence-corrected chi connectivity index (χ4v) is 7.49. The second-order valence-corrected chi connectivity index (χ2v) is 15.3. The van der Waals surface area contributed by atoms with Crippen molar-refractivity contribution in [1.29, 1.82) is 0 Å². The number of rotatable bonds is 7. The van der Waals surface area contributed by atoms with E-state index in [9.17, 15) is 30.0 Å². The first-order valence-electron chi connectivity index (χ1n) is 17.8. The van der Waals surface area contributed by atoms with Crippen molar-refractivity contribution in [1.82, 2.24) is 4.90 Å². The maximum Gasteiger partial charge on any atom is 0.311 e.